The third-order valence-electron chi connectivity index (χ3n) is 5.16. The number of carbonyl (C=O) groups is 1. The maximum atomic E-state index is 12.8. The van der Waals surface area contributed by atoms with Gasteiger partial charge in [-0.2, -0.15) is 10.2 Å². The van der Waals surface area contributed by atoms with Crippen LogP contribution < -0.4 is 14.8 Å². The second kappa shape index (κ2) is 9.27. The van der Waals surface area contributed by atoms with Crippen molar-refractivity contribution in [3.05, 3.63) is 59.2 Å². The van der Waals surface area contributed by atoms with Gasteiger partial charge in [0, 0.05) is 24.8 Å². The van der Waals surface area contributed by atoms with E-state index < -0.39 is 0 Å². The topological polar surface area (TPSA) is 83.2 Å². The van der Waals surface area contributed by atoms with Crippen molar-refractivity contribution in [1.29, 1.82) is 0 Å². The van der Waals surface area contributed by atoms with Gasteiger partial charge in [-0.05, 0) is 48.7 Å². The average molecular weight is 452 g/mol. The molecule has 0 aliphatic heterocycles. The highest BCUT2D eigenvalue weighted by Gasteiger charge is 2.17. The van der Waals surface area contributed by atoms with Crippen LogP contribution in [0.1, 0.15) is 16.2 Å². The number of aromatic nitrogens is 4. The predicted molar refractivity (Wildman–Crippen MR) is 124 cm³/mol. The largest absolute Gasteiger partial charge is 0.497 e. The van der Waals surface area contributed by atoms with E-state index in [9.17, 15) is 4.79 Å². The van der Waals surface area contributed by atoms with Crippen LogP contribution in [-0.4, -0.2) is 46.2 Å². The summed E-state index contributed by atoms with van der Waals surface area (Å²) >= 11 is 1.66. The second-order valence-corrected chi connectivity index (χ2v) is 8.18. The van der Waals surface area contributed by atoms with E-state index >= 15 is 0 Å². The Morgan fingerprint density at radius 1 is 1.09 bits per heavy atom. The van der Waals surface area contributed by atoms with E-state index in [4.69, 9.17) is 9.47 Å². The molecule has 1 amide bonds. The molecule has 0 atom stereocenters. The summed E-state index contributed by atoms with van der Waals surface area (Å²) in [5.41, 5.74) is 3.86. The van der Waals surface area contributed by atoms with Gasteiger partial charge < -0.3 is 14.8 Å². The fraction of sp³-hybridized carbons (Fsp3) is 0.261. The molecule has 166 valence electrons. The lowest BCUT2D eigenvalue weighted by Gasteiger charge is -2.08. The van der Waals surface area contributed by atoms with Gasteiger partial charge in [-0.1, -0.05) is 6.07 Å². The van der Waals surface area contributed by atoms with Crippen LogP contribution in [0.4, 0.5) is 0 Å². The first-order valence-electron chi connectivity index (χ1n) is 10.1. The Morgan fingerprint density at radius 2 is 1.94 bits per heavy atom. The minimum atomic E-state index is -0.198. The molecule has 0 unspecified atom stereocenters. The third-order valence-corrected chi connectivity index (χ3v) is 6.05. The maximum absolute atomic E-state index is 12.8. The Balaban J connectivity index is 1.45. The third kappa shape index (κ3) is 4.38. The highest BCUT2D eigenvalue weighted by atomic mass is 32.1. The van der Waals surface area contributed by atoms with Crippen LogP contribution in [0.5, 0.6) is 11.5 Å². The van der Waals surface area contributed by atoms with Crippen molar-refractivity contribution in [3.8, 4) is 33.3 Å². The molecule has 3 heterocycles. The quantitative estimate of drug-likeness (QED) is 0.441. The Labute approximate surface area is 190 Å². The van der Waals surface area contributed by atoms with Crippen molar-refractivity contribution < 1.29 is 14.3 Å². The predicted octanol–water partition coefficient (Wildman–Crippen LogP) is 3.77. The van der Waals surface area contributed by atoms with Gasteiger partial charge in [-0.15, -0.1) is 11.3 Å². The SMILES string of the molecule is COc1ccc(OC)c(-c2cc(C(=O)NCCn3nc(-c4cccs4)cc3C)n(C)n2)c1. The van der Waals surface area contributed by atoms with Crippen LogP contribution >= 0.6 is 11.3 Å². The Bertz CT molecular complexity index is 1230. The molecule has 9 heteroatoms. The Kier molecular flexibility index (Phi) is 6.27. The molecule has 0 aliphatic rings. The summed E-state index contributed by atoms with van der Waals surface area (Å²) in [5, 5.41) is 14.1. The van der Waals surface area contributed by atoms with Gasteiger partial charge in [0.2, 0.25) is 0 Å². The number of thiophene rings is 1. The molecule has 0 aliphatic carbocycles. The summed E-state index contributed by atoms with van der Waals surface area (Å²) in [4.78, 5) is 13.9. The maximum Gasteiger partial charge on any atom is 0.269 e. The van der Waals surface area contributed by atoms with Crippen LogP contribution in [0, 0.1) is 6.92 Å². The first-order valence-corrected chi connectivity index (χ1v) is 11.0. The summed E-state index contributed by atoms with van der Waals surface area (Å²) in [7, 11) is 4.95. The lowest BCUT2D eigenvalue weighted by atomic mass is 10.1. The van der Waals surface area contributed by atoms with E-state index in [1.165, 1.54) is 0 Å². The molecule has 0 saturated heterocycles. The van der Waals surface area contributed by atoms with E-state index in [0.29, 0.717) is 36.0 Å². The van der Waals surface area contributed by atoms with Crippen molar-refractivity contribution in [2.45, 2.75) is 13.5 Å². The van der Waals surface area contributed by atoms with Crippen LogP contribution in [0.3, 0.4) is 0 Å². The number of carbonyl (C=O) groups excluding carboxylic acids is 1. The molecule has 1 N–H and O–H groups in total. The van der Waals surface area contributed by atoms with Gasteiger partial charge in [0.05, 0.1) is 31.3 Å². The lowest BCUT2D eigenvalue weighted by molar-refractivity contribution is 0.0942. The monoisotopic (exact) mass is 451 g/mol. The number of nitrogens with one attached hydrogen (secondary N) is 1. The highest BCUT2D eigenvalue weighted by molar-refractivity contribution is 7.13. The minimum Gasteiger partial charge on any atom is -0.497 e. The number of hydrogen-bond donors (Lipinski definition) is 1. The van der Waals surface area contributed by atoms with Crippen LogP contribution in [-0.2, 0) is 13.6 Å². The normalized spacial score (nSPS) is 10.9. The number of benzene rings is 1. The van der Waals surface area contributed by atoms with Gasteiger partial charge in [0.25, 0.3) is 5.91 Å². The number of ether oxygens (including phenoxy) is 2. The molecule has 0 spiro atoms. The van der Waals surface area contributed by atoms with E-state index in [1.807, 2.05) is 41.3 Å². The van der Waals surface area contributed by atoms with Crippen molar-refractivity contribution in [3.63, 3.8) is 0 Å². The van der Waals surface area contributed by atoms with Gasteiger partial charge in [-0.3, -0.25) is 14.2 Å². The zero-order chi connectivity index (χ0) is 22.7. The average Bonchev–Trinajstić information content (AvgIpc) is 3.54. The summed E-state index contributed by atoms with van der Waals surface area (Å²) in [6.45, 7) is 3.05. The van der Waals surface area contributed by atoms with Crippen molar-refractivity contribution in [2.24, 2.45) is 7.05 Å². The standard InChI is InChI=1S/C23H25N5O3S/c1-15-12-19(22-6-5-11-32-22)26-28(15)10-9-24-23(29)20-14-18(25-27(20)2)17-13-16(30-3)7-8-21(17)31-4/h5-8,11-14H,9-10H2,1-4H3,(H,24,29). The molecule has 1 aromatic carbocycles. The molecule has 0 bridgehead atoms. The summed E-state index contributed by atoms with van der Waals surface area (Å²) in [6.07, 6.45) is 0. The number of methoxy groups -OCH3 is 2. The van der Waals surface area contributed by atoms with Gasteiger partial charge >= 0.3 is 0 Å². The van der Waals surface area contributed by atoms with Crippen LogP contribution in [0.2, 0.25) is 0 Å². The van der Waals surface area contributed by atoms with Gasteiger partial charge in [0.15, 0.2) is 0 Å². The molecule has 0 radical (unpaired) electrons. The highest BCUT2D eigenvalue weighted by Crippen LogP contribution is 2.33. The zero-order valence-electron chi connectivity index (χ0n) is 18.5. The molecule has 0 fully saturated rings. The number of rotatable bonds is 8. The summed E-state index contributed by atoms with van der Waals surface area (Å²) in [5.74, 6) is 1.15. The van der Waals surface area contributed by atoms with E-state index in [-0.39, 0.29) is 5.91 Å². The second-order valence-electron chi connectivity index (χ2n) is 7.23. The Hall–Kier alpha value is -3.59. The van der Waals surface area contributed by atoms with E-state index in [1.54, 1.807) is 43.4 Å². The minimum absolute atomic E-state index is 0.198. The number of nitrogens with zero attached hydrogens (tertiary/aromatic N) is 4. The Morgan fingerprint density at radius 3 is 2.66 bits per heavy atom. The molecule has 0 saturated carbocycles. The van der Waals surface area contributed by atoms with Crippen LogP contribution in [0.15, 0.2) is 47.8 Å². The van der Waals surface area contributed by atoms with Gasteiger partial charge in [-0.25, -0.2) is 0 Å². The molecular formula is C23H25N5O3S. The smallest absolute Gasteiger partial charge is 0.269 e. The summed E-state index contributed by atoms with van der Waals surface area (Å²) in [6, 6.07) is 13.4. The molecule has 4 aromatic rings. The molecule has 32 heavy (non-hydrogen) atoms. The van der Waals surface area contributed by atoms with Gasteiger partial charge in [0.1, 0.15) is 22.9 Å². The van der Waals surface area contributed by atoms with E-state index in [0.717, 1.165) is 21.8 Å². The fourth-order valence-electron chi connectivity index (χ4n) is 3.47. The number of amides is 1. The fourth-order valence-corrected chi connectivity index (χ4v) is 4.15. The lowest BCUT2D eigenvalue weighted by Crippen LogP contribution is -2.29. The van der Waals surface area contributed by atoms with E-state index in [2.05, 4.69) is 27.6 Å². The number of hydrogen-bond acceptors (Lipinski definition) is 6. The van der Waals surface area contributed by atoms with Crippen molar-refractivity contribution >= 4 is 17.2 Å². The molecular weight excluding hydrogens is 426 g/mol. The number of aryl methyl sites for hydroxylation is 2. The van der Waals surface area contributed by atoms with Crippen molar-refractivity contribution in [1.82, 2.24) is 24.9 Å². The molecule has 3 aromatic heterocycles. The molecule has 8 nitrogen and oxygen atoms in total. The molecule has 4 rings (SSSR count). The van der Waals surface area contributed by atoms with Crippen molar-refractivity contribution in [2.75, 3.05) is 20.8 Å². The first-order chi connectivity index (χ1) is 15.5. The van der Waals surface area contributed by atoms with Crippen LogP contribution in [0.25, 0.3) is 21.8 Å². The zero-order valence-corrected chi connectivity index (χ0v) is 19.3. The first kappa shape index (κ1) is 21.6. The summed E-state index contributed by atoms with van der Waals surface area (Å²) < 4.78 is 14.2.